The normalized spacial score (nSPS) is 14.9. The van der Waals surface area contributed by atoms with Gasteiger partial charge in [-0.1, -0.05) is 62.2 Å². The van der Waals surface area contributed by atoms with Gasteiger partial charge in [0, 0.05) is 18.2 Å². The number of hydrogen-bond acceptors (Lipinski definition) is 4. The fourth-order valence-corrected chi connectivity index (χ4v) is 4.59. The summed E-state index contributed by atoms with van der Waals surface area (Å²) in [5.74, 6) is 2.15. The highest BCUT2D eigenvalue weighted by Gasteiger charge is 2.42. The van der Waals surface area contributed by atoms with Crippen molar-refractivity contribution in [3.05, 3.63) is 71.3 Å². The predicted octanol–water partition coefficient (Wildman–Crippen LogP) is 5.35. The fourth-order valence-electron chi connectivity index (χ4n) is 4.59. The maximum Gasteiger partial charge on any atom is 0.408 e. The molecule has 0 heterocycles. The number of alkyl carbamates (subject to hydrolysis) is 1. The van der Waals surface area contributed by atoms with Gasteiger partial charge >= 0.3 is 6.09 Å². The molecule has 1 saturated carbocycles. The Morgan fingerprint density at radius 1 is 1.05 bits per heavy atom. The monoisotopic (exact) mass is 531 g/mol. The van der Waals surface area contributed by atoms with E-state index in [9.17, 15) is 14.4 Å². The Balaban J connectivity index is 1.97. The second kappa shape index (κ2) is 13.3. The van der Waals surface area contributed by atoms with Gasteiger partial charge in [0.25, 0.3) is 0 Å². The standard InChI is InChI=1S/C32H41N3O4/c1-7-23-16-18-25(19-17-23)28(29(36)33-21-24-12-9-8-10-13-24)35(26-14-11-15-26)30(37)27(20-22(2)3)34-31(38)39-32(4,5)6/h1,8-10,12-13,16-19,22,26-28H,11,14-15,20-21H2,2-6H3,(H,33,36)(H,34,38). The van der Waals surface area contributed by atoms with Gasteiger partial charge in [0.05, 0.1) is 0 Å². The maximum atomic E-state index is 14.3. The minimum atomic E-state index is -0.881. The first-order chi connectivity index (χ1) is 18.5. The van der Waals surface area contributed by atoms with Crippen LogP contribution in [0.3, 0.4) is 0 Å². The van der Waals surface area contributed by atoms with Gasteiger partial charge in [-0.3, -0.25) is 9.59 Å². The number of carbonyl (C=O) groups excluding carboxylic acids is 3. The highest BCUT2D eigenvalue weighted by molar-refractivity contribution is 5.92. The minimum absolute atomic E-state index is 0.118. The summed E-state index contributed by atoms with van der Waals surface area (Å²) < 4.78 is 5.47. The maximum absolute atomic E-state index is 14.3. The highest BCUT2D eigenvalue weighted by Crippen LogP contribution is 2.34. The van der Waals surface area contributed by atoms with Crippen molar-refractivity contribution in [2.45, 2.75) is 90.6 Å². The van der Waals surface area contributed by atoms with E-state index in [1.165, 1.54) is 0 Å². The lowest BCUT2D eigenvalue weighted by Gasteiger charge is -2.43. The summed E-state index contributed by atoms with van der Waals surface area (Å²) in [7, 11) is 0. The molecule has 2 N–H and O–H groups in total. The Morgan fingerprint density at radius 3 is 2.21 bits per heavy atom. The fraction of sp³-hybridized carbons (Fsp3) is 0.469. The molecule has 2 unspecified atom stereocenters. The van der Waals surface area contributed by atoms with E-state index in [0.717, 1.165) is 24.8 Å². The highest BCUT2D eigenvalue weighted by atomic mass is 16.6. The number of carbonyl (C=O) groups is 3. The van der Waals surface area contributed by atoms with E-state index < -0.39 is 23.8 Å². The van der Waals surface area contributed by atoms with Crippen LogP contribution in [0.25, 0.3) is 0 Å². The van der Waals surface area contributed by atoms with Crippen LogP contribution in [-0.4, -0.2) is 40.5 Å². The molecule has 0 saturated heterocycles. The third-order valence-electron chi connectivity index (χ3n) is 6.65. The van der Waals surface area contributed by atoms with Gasteiger partial charge in [0.15, 0.2) is 0 Å². The Labute approximate surface area is 232 Å². The van der Waals surface area contributed by atoms with Crippen molar-refractivity contribution in [3.8, 4) is 12.3 Å². The van der Waals surface area contributed by atoms with Gasteiger partial charge in [-0.05, 0) is 75.6 Å². The first-order valence-corrected chi connectivity index (χ1v) is 13.7. The van der Waals surface area contributed by atoms with Crippen LogP contribution in [0.1, 0.15) is 83.0 Å². The lowest BCUT2D eigenvalue weighted by molar-refractivity contribution is -0.147. The van der Waals surface area contributed by atoms with E-state index in [1.54, 1.807) is 49.9 Å². The lowest BCUT2D eigenvalue weighted by atomic mass is 9.87. The quantitative estimate of drug-likeness (QED) is 0.405. The number of hydrogen-bond donors (Lipinski definition) is 2. The molecule has 0 spiro atoms. The average Bonchev–Trinajstić information content (AvgIpc) is 2.84. The van der Waals surface area contributed by atoms with Crippen molar-refractivity contribution in [1.29, 1.82) is 0 Å². The first kappa shape index (κ1) is 29.8. The van der Waals surface area contributed by atoms with Crippen molar-refractivity contribution in [3.63, 3.8) is 0 Å². The molecule has 0 bridgehead atoms. The van der Waals surface area contributed by atoms with Gasteiger partial charge in [-0.25, -0.2) is 4.79 Å². The van der Waals surface area contributed by atoms with Crippen molar-refractivity contribution >= 4 is 17.9 Å². The molecule has 2 aromatic carbocycles. The van der Waals surface area contributed by atoms with Gasteiger partial charge < -0.3 is 20.3 Å². The molecular formula is C32H41N3O4. The minimum Gasteiger partial charge on any atom is -0.444 e. The van der Waals surface area contributed by atoms with Gasteiger partial charge in [-0.2, -0.15) is 0 Å². The molecule has 2 aromatic rings. The van der Waals surface area contributed by atoms with Crippen LogP contribution in [0, 0.1) is 18.3 Å². The molecular weight excluding hydrogens is 490 g/mol. The van der Waals surface area contributed by atoms with Crippen LogP contribution in [0.5, 0.6) is 0 Å². The Kier molecular flexibility index (Phi) is 10.2. The zero-order valence-corrected chi connectivity index (χ0v) is 23.7. The predicted molar refractivity (Wildman–Crippen MR) is 153 cm³/mol. The van der Waals surface area contributed by atoms with Crippen LogP contribution >= 0.6 is 0 Å². The van der Waals surface area contributed by atoms with E-state index in [0.29, 0.717) is 24.1 Å². The van der Waals surface area contributed by atoms with Crippen molar-refractivity contribution in [2.75, 3.05) is 0 Å². The van der Waals surface area contributed by atoms with E-state index in [1.807, 2.05) is 44.2 Å². The smallest absolute Gasteiger partial charge is 0.408 e. The van der Waals surface area contributed by atoms with Gasteiger partial charge in [0.1, 0.15) is 17.7 Å². The number of terminal acetylenes is 1. The number of ether oxygens (including phenoxy) is 1. The molecule has 7 heteroatoms. The van der Waals surface area contributed by atoms with Gasteiger partial charge in [0.2, 0.25) is 11.8 Å². The summed E-state index contributed by atoms with van der Waals surface area (Å²) in [6.45, 7) is 9.65. The van der Waals surface area contributed by atoms with Crippen molar-refractivity contribution in [2.24, 2.45) is 5.92 Å². The molecule has 1 fully saturated rings. The summed E-state index contributed by atoms with van der Waals surface area (Å²) in [6.07, 6.45) is 7.87. The van der Waals surface area contributed by atoms with E-state index >= 15 is 0 Å². The zero-order chi connectivity index (χ0) is 28.6. The third-order valence-corrected chi connectivity index (χ3v) is 6.65. The molecule has 1 aliphatic rings. The van der Waals surface area contributed by atoms with E-state index in [4.69, 9.17) is 11.2 Å². The van der Waals surface area contributed by atoms with Crippen LogP contribution in [0.15, 0.2) is 54.6 Å². The van der Waals surface area contributed by atoms with Gasteiger partial charge in [-0.15, -0.1) is 6.42 Å². The summed E-state index contributed by atoms with van der Waals surface area (Å²) >= 11 is 0. The molecule has 0 radical (unpaired) electrons. The molecule has 3 amide bonds. The zero-order valence-electron chi connectivity index (χ0n) is 23.7. The summed E-state index contributed by atoms with van der Waals surface area (Å²) in [5, 5.41) is 5.83. The average molecular weight is 532 g/mol. The molecule has 3 rings (SSSR count). The SMILES string of the molecule is C#Cc1ccc(C(C(=O)NCc2ccccc2)N(C(=O)C(CC(C)C)NC(=O)OC(C)(C)C)C2CCC2)cc1. The number of amides is 3. The molecule has 2 atom stereocenters. The van der Waals surface area contributed by atoms with Crippen LogP contribution < -0.4 is 10.6 Å². The van der Waals surface area contributed by atoms with Crippen molar-refractivity contribution < 1.29 is 19.1 Å². The Bertz CT molecular complexity index is 1160. The second-order valence-electron chi connectivity index (χ2n) is 11.5. The topological polar surface area (TPSA) is 87.7 Å². The summed E-state index contributed by atoms with van der Waals surface area (Å²) in [5.41, 5.74) is 1.60. The van der Waals surface area contributed by atoms with Crippen molar-refractivity contribution in [1.82, 2.24) is 15.5 Å². The first-order valence-electron chi connectivity index (χ1n) is 13.7. The van der Waals surface area contributed by atoms with Crippen LogP contribution in [0.2, 0.25) is 0 Å². The second-order valence-corrected chi connectivity index (χ2v) is 11.5. The molecule has 39 heavy (non-hydrogen) atoms. The Hall–Kier alpha value is -3.79. The van der Waals surface area contributed by atoms with E-state index in [-0.39, 0.29) is 23.8 Å². The third kappa shape index (κ3) is 8.61. The lowest BCUT2D eigenvalue weighted by Crippen LogP contribution is -2.57. The summed E-state index contributed by atoms with van der Waals surface area (Å²) in [4.78, 5) is 42.5. The molecule has 0 aromatic heterocycles. The number of nitrogens with one attached hydrogen (secondary N) is 2. The van der Waals surface area contributed by atoms with E-state index in [2.05, 4.69) is 16.6 Å². The molecule has 7 nitrogen and oxygen atoms in total. The number of rotatable bonds is 10. The molecule has 0 aliphatic heterocycles. The molecule has 1 aliphatic carbocycles. The molecule has 208 valence electrons. The van der Waals surface area contributed by atoms with Crippen LogP contribution in [0.4, 0.5) is 4.79 Å². The Morgan fingerprint density at radius 2 is 1.69 bits per heavy atom. The number of benzene rings is 2. The summed E-state index contributed by atoms with van der Waals surface area (Å²) in [6, 6.07) is 15.0. The van der Waals surface area contributed by atoms with Crippen LogP contribution in [-0.2, 0) is 20.9 Å². The number of nitrogens with zero attached hydrogens (tertiary/aromatic N) is 1. The largest absolute Gasteiger partial charge is 0.444 e.